The predicted octanol–water partition coefficient (Wildman–Crippen LogP) is 2.82. The van der Waals surface area contributed by atoms with Crippen molar-refractivity contribution in [3.05, 3.63) is 20.8 Å². The lowest BCUT2D eigenvalue weighted by molar-refractivity contribution is 0.208. The van der Waals surface area contributed by atoms with Crippen molar-refractivity contribution in [1.82, 2.24) is 10.2 Å². The average molecular weight is 289 g/mol. The second-order valence-corrected chi connectivity index (χ2v) is 6.11. The van der Waals surface area contributed by atoms with Gasteiger partial charge in [0, 0.05) is 18.0 Å². The van der Waals surface area contributed by atoms with Gasteiger partial charge >= 0.3 is 6.03 Å². The summed E-state index contributed by atoms with van der Waals surface area (Å²) in [5, 5.41) is 2.93. The minimum absolute atomic E-state index is 0.0667. The molecular weight excluding hydrogens is 276 g/mol. The third-order valence-electron chi connectivity index (χ3n) is 2.44. The Morgan fingerprint density at radius 3 is 2.80 bits per heavy atom. The molecule has 1 aliphatic rings. The van der Waals surface area contributed by atoms with Crippen molar-refractivity contribution in [2.24, 2.45) is 0 Å². The fourth-order valence-electron chi connectivity index (χ4n) is 1.64. The zero-order valence-corrected chi connectivity index (χ0v) is 10.7. The molecule has 1 fully saturated rings. The van der Waals surface area contributed by atoms with Gasteiger partial charge in [-0.15, -0.1) is 11.3 Å². The molecule has 0 saturated carbocycles. The molecule has 0 bridgehead atoms. The van der Waals surface area contributed by atoms with E-state index in [0.29, 0.717) is 6.54 Å². The predicted molar refractivity (Wildman–Crippen MR) is 65.1 cm³/mol. The van der Waals surface area contributed by atoms with E-state index in [9.17, 15) is 4.79 Å². The largest absolute Gasteiger partial charge is 0.333 e. The van der Waals surface area contributed by atoms with E-state index in [1.54, 1.807) is 11.3 Å². The van der Waals surface area contributed by atoms with Gasteiger partial charge in [-0.3, -0.25) is 0 Å². The lowest BCUT2D eigenvalue weighted by atomic mass is 10.4. The lowest BCUT2D eigenvalue weighted by Crippen LogP contribution is -2.37. The number of carbonyl (C=O) groups excluding carboxylic acids is 1. The van der Waals surface area contributed by atoms with E-state index < -0.39 is 0 Å². The van der Waals surface area contributed by atoms with Crippen molar-refractivity contribution in [3.63, 3.8) is 0 Å². The van der Waals surface area contributed by atoms with E-state index in [2.05, 4.69) is 21.2 Å². The van der Waals surface area contributed by atoms with Crippen molar-refractivity contribution in [3.8, 4) is 0 Å². The lowest BCUT2D eigenvalue weighted by Gasteiger charge is -2.15. The smallest absolute Gasteiger partial charge is 0.317 e. The first-order valence-corrected chi connectivity index (χ1v) is 6.63. The molecule has 2 amide bonds. The standard InChI is InChI=1S/C10H13BrN2OS/c11-9-4-3-8(15-9)7-12-10(14)13-5-1-2-6-13/h3-4H,1-2,5-7H2,(H,12,14). The highest BCUT2D eigenvalue weighted by molar-refractivity contribution is 9.11. The Kier molecular flexibility index (Phi) is 3.64. The highest BCUT2D eigenvalue weighted by atomic mass is 79.9. The van der Waals surface area contributed by atoms with Crippen LogP contribution in [0.25, 0.3) is 0 Å². The van der Waals surface area contributed by atoms with Gasteiger partial charge in [0.1, 0.15) is 0 Å². The van der Waals surface area contributed by atoms with E-state index in [1.807, 2.05) is 17.0 Å². The van der Waals surface area contributed by atoms with Crippen molar-refractivity contribution >= 4 is 33.3 Å². The molecule has 1 aromatic heterocycles. The Morgan fingerprint density at radius 1 is 1.47 bits per heavy atom. The SMILES string of the molecule is O=C(NCc1ccc(Br)s1)N1CCCC1. The fraction of sp³-hybridized carbons (Fsp3) is 0.500. The molecule has 0 aromatic carbocycles. The molecule has 1 N–H and O–H groups in total. The van der Waals surface area contributed by atoms with Crippen LogP contribution in [0.15, 0.2) is 15.9 Å². The molecule has 0 atom stereocenters. The normalized spacial score (nSPS) is 15.7. The number of nitrogens with one attached hydrogen (secondary N) is 1. The van der Waals surface area contributed by atoms with Crippen LogP contribution in [0.1, 0.15) is 17.7 Å². The van der Waals surface area contributed by atoms with E-state index >= 15 is 0 Å². The summed E-state index contributed by atoms with van der Waals surface area (Å²) in [5.74, 6) is 0. The highest BCUT2D eigenvalue weighted by Crippen LogP contribution is 2.21. The average Bonchev–Trinajstić information content (AvgIpc) is 2.84. The summed E-state index contributed by atoms with van der Waals surface area (Å²) in [6.45, 7) is 2.44. The molecular formula is C10H13BrN2OS. The quantitative estimate of drug-likeness (QED) is 0.892. The second kappa shape index (κ2) is 4.99. The summed E-state index contributed by atoms with van der Waals surface area (Å²) in [7, 11) is 0. The molecule has 1 aliphatic heterocycles. The molecule has 3 nitrogen and oxygen atoms in total. The van der Waals surface area contributed by atoms with Crippen molar-refractivity contribution in [1.29, 1.82) is 0 Å². The molecule has 0 spiro atoms. The molecule has 82 valence electrons. The number of rotatable bonds is 2. The minimum atomic E-state index is 0.0667. The molecule has 2 rings (SSSR count). The molecule has 0 unspecified atom stereocenters. The van der Waals surface area contributed by atoms with Crippen LogP contribution in [0, 0.1) is 0 Å². The van der Waals surface area contributed by atoms with Gasteiger partial charge in [-0.25, -0.2) is 4.79 Å². The zero-order valence-electron chi connectivity index (χ0n) is 8.33. The Balaban J connectivity index is 1.80. The van der Waals surface area contributed by atoms with E-state index in [-0.39, 0.29) is 6.03 Å². The number of hydrogen-bond acceptors (Lipinski definition) is 2. The van der Waals surface area contributed by atoms with E-state index in [0.717, 1.165) is 29.7 Å². The fourth-order valence-corrected chi connectivity index (χ4v) is 3.06. The van der Waals surface area contributed by atoms with Gasteiger partial charge < -0.3 is 10.2 Å². The van der Waals surface area contributed by atoms with Gasteiger partial charge in [0.2, 0.25) is 0 Å². The zero-order chi connectivity index (χ0) is 10.7. The topological polar surface area (TPSA) is 32.3 Å². The molecule has 0 aliphatic carbocycles. The van der Waals surface area contributed by atoms with Gasteiger partial charge in [0.25, 0.3) is 0 Å². The molecule has 15 heavy (non-hydrogen) atoms. The third kappa shape index (κ3) is 2.95. The molecule has 1 aromatic rings. The number of carbonyl (C=O) groups is 1. The first-order valence-electron chi connectivity index (χ1n) is 5.03. The van der Waals surface area contributed by atoms with Gasteiger partial charge in [0.15, 0.2) is 0 Å². The summed E-state index contributed by atoms with van der Waals surface area (Å²) in [6.07, 6.45) is 2.27. The maximum Gasteiger partial charge on any atom is 0.317 e. The number of nitrogens with zero attached hydrogens (tertiary/aromatic N) is 1. The maximum atomic E-state index is 11.6. The monoisotopic (exact) mass is 288 g/mol. The van der Waals surface area contributed by atoms with Crippen LogP contribution in [0.4, 0.5) is 4.79 Å². The van der Waals surface area contributed by atoms with Gasteiger partial charge in [-0.1, -0.05) is 0 Å². The minimum Gasteiger partial charge on any atom is -0.333 e. The van der Waals surface area contributed by atoms with Crippen molar-refractivity contribution in [2.45, 2.75) is 19.4 Å². The van der Waals surface area contributed by atoms with Crippen LogP contribution in [-0.2, 0) is 6.54 Å². The number of urea groups is 1. The summed E-state index contributed by atoms with van der Waals surface area (Å²) in [6, 6.07) is 4.10. The van der Waals surface area contributed by atoms with Gasteiger partial charge in [0.05, 0.1) is 10.3 Å². The maximum absolute atomic E-state index is 11.6. The number of thiophene rings is 1. The first kappa shape index (κ1) is 11.0. The molecule has 5 heteroatoms. The van der Waals surface area contributed by atoms with Crippen LogP contribution in [0.2, 0.25) is 0 Å². The Bertz CT molecular complexity index is 347. The summed E-state index contributed by atoms with van der Waals surface area (Å²) < 4.78 is 1.10. The number of hydrogen-bond donors (Lipinski definition) is 1. The van der Waals surface area contributed by atoms with E-state index in [4.69, 9.17) is 0 Å². The molecule has 0 radical (unpaired) electrons. The Hall–Kier alpha value is -0.550. The Labute approximate surface area is 102 Å². The highest BCUT2D eigenvalue weighted by Gasteiger charge is 2.17. The number of amides is 2. The second-order valence-electron chi connectivity index (χ2n) is 3.56. The van der Waals surface area contributed by atoms with Crippen LogP contribution in [0.5, 0.6) is 0 Å². The number of halogens is 1. The Morgan fingerprint density at radius 2 is 2.20 bits per heavy atom. The first-order chi connectivity index (χ1) is 7.25. The van der Waals surface area contributed by atoms with E-state index in [1.165, 1.54) is 4.88 Å². The molecule has 2 heterocycles. The summed E-state index contributed by atoms with van der Waals surface area (Å²) in [5.41, 5.74) is 0. The van der Waals surface area contributed by atoms with Crippen LogP contribution in [0.3, 0.4) is 0 Å². The van der Waals surface area contributed by atoms with Crippen LogP contribution < -0.4 is 5.32 Å². The van der Waals surface area contributed by atoms with Crippen molar-refractivity contribution < 1.29 is 4.79 Å². The molecule has 1 saturated heterocycles. The number of likely N-dealkylation sites (tertiary alicyclic amines) is 1. The van der Waals surface area contributed by atoms with Gasteiger partial charge in [-0.2, -0.15) is 0 Å². The van der Waals surface area contributed by atoms with Crippen LogP contribution in [-0.4, -0.2) is 24.0 Å². The third-order valence-corrected chi connectivity index (χ3v) is 4.06. The summed E-state index contributed by atoms with van der Waals surface area (Å²) >= 11 is 5.06. The van der Waals surface area contributed by atoms with Gasteiger partial charge in [-0.05, 0) is 40.9 Å². The van der Waals surface area contributed by atoms with Crippen molar-refractivity contribution in [2.75, 3.05) is 13.1 Å². The summed E-state index contributed by atoms with van der Waals surface area (Å²) in [4.78, 5) is 14.7. The van der Waals surface area contributed by atoms with Crippen LogP contribution >= 0.6 is 27.3 Å².